The Balaban J connectivity index is 2.57. The smallest absolute Gasteiger partial charge is 0.207 e. The first kappa shape index (κ1) is 16.5. The summed E-state index contributed by atoms with van der Waals surface area (Å²) in [6.07, 6.45) is 1.69. The third kappa shape index (κ3) is 5.61. The fraction of sp³-hybridized carbons (Fsp3) is 0.562. The Kier molecular flexibility index (Phi) is 7.09. The minimum atomic E-state index is 0.533. The molecule has 112 valence electrons. The van der Waals surface area contributed by atoms with Crippen LogP contribution in [0.1, 0.15) is 37.3 Å². The molecule has 0 bridgehead atoms. The van der Waals surface area contributed by atoms with Crippen molar-refractivity contribution in [1.82, 2.24) is 10.6 Å². The average molecular weight is 277 g/mol. The van der Waals surface area contributed by atoms with E-state index in [9.17, 15) is 4.79 Å². The van der Waals surface area contributed by atoms with Crippen LogP contribution in [0, 0.1) is 0 Å². The van der Waals surface area contributed by atoms with Crippen molar-refractivity contribution in [3.05, 3.63) is 29.3 Å². The molecule has 0 saturated heterocycles. The number of anilines is 1. The molecule has 0 fully saturated rings. The van der Waals surface area contributed by atoms with Gasteiger partial charge in [0.1, 0.15) is 0 Å². The lowest BCUT2D eigenvalue weighted by Gasteiger charge is -2.18. The summed E-state index contributed by atoms with van der Waals surface area (Å²) in [6.45, 7) is 6.94. The molecule has 0 radical (unpaired) electrons. The first-order chi connectivity index (χ1) is 9.54. The van der Waals surface area contributed by atoms with Crippen LogP contribution in [-0.4, -0.2) is 33.6 Å². The van der Waals surface area contributed by atoms with Gasteiger partial charge in [0, 0.05) is 32.9 Å². The summed E-state index contributed by atoms with van der Waals surface area (Å²) in [6, 6.07) is 6.75. The molecule has 4 heteroatoms. The van der Waals surface area contributed by atoms with E-state index in [0.717, 1.165) is 32.5 Å². The summed E-state index contributed by atoms with van der Waals surface area (Å²) in [5.41, 5.74) is 3.93. The predicted octanol–water partition coefficient (Wildman–Crippen LogP) is 2.10. The molecule has 0 atom stereocenters. The Hall–Kier alpha value is -1.55. The molecule has 0 aliphatic rings. The van der Waals surface area contributed by atoms with Gasteiger partial charge in [0.2, 0.25) is 6.41 Å². The second-order valence-corrected chi connectivity index (χ2v) is 5.58. The highest BCUT2D eigenvalue weighted by atomic mass is 16.1. The van der Waals surface area contributed by atoms with Gasteiger partial charge in [-0.15, -0.1) is 0 Å². The zero-order chi connectivity index (χ0) is 15.0. The molecule has 20 heavy (non-hydrogen) atoms. The van der Waals surface area contributed by atoms with E-state index in [-0.39, 0.29) is 0 Å². The Labute approximate surface area is 122 Å². The molecule has 0 aliphatic heterocycles. The fourth-order valence-electron chi connectivity index (χ4n) is 2.00. The molecular formula is C16H27N3O. The molecule has 4 nitrogen and oxygen atoms in total. The summed E-state index contributed by atoms with van der Waals surface area (Å²) in [4.78, 5) is 12.3. The Morgan fingerprint density at radius 2 is 1.95 bits per heavy atom. The molecular weight excluding hydrogens is 250 g/mol. The first-order valence-electron chi connectivity index (χ1n) is 7.23. The maximum atomic E-state index is 10.1. The molecule has 0 aliphatic carbocycles. The fourth-order valence-corrected chi connectivity index (χ4v) is 2.00. The monoisotopic (exact) mass is 277 g/mol. The summed E-state index contributed by atoms with van der Waals surface area (Å²) >= 11 is 0. The molecule has 0 spiro atoms. The number of carbonyl (C=O) groups is 1. The quantitative estimate of drug-likeness (QED) is 0.537. The Bertz CT molecular complexity index is 390. The predicted molar refractivity (Wildman–Crippen MR) is 85.2 cm³/mol. The van der Waals surface area contributed by atoms with Crippen LogP contribution in [-0.2, 0) is 11.3 Å². The highest BCUT2D eigenvalue weighted by Crippen LogP contribution is 2.23. The number of hydrogen-bond donors (Lipinski definition) is 2. The normalized spacial score (nSPS) is 10.7. The highest BCUT2D eigenvalue weighted by molar-refractivity contribution is 5.50. The van der Waals surface area contributed by atoms with Gasteiger partial charge >= 0.3 is 0 Å². The van der Waals surface area contributed by atoms with Gasteiger partial charge in [-0.25, -0.2) is 0 Å². The zero-order valence-electron chi connectivity index (χ0n) is 13.1. The van der Waals surface area contributed by atoms with Gasteiger partial charge in [0.05, 0.1) is 0 Å². The topological polar surface area (TPSA) is 44.4 Å². The van der Waals surface area contributed by atoms with Gasteiger partial charge in [-0.05, 0) is 42.1 Å². The van der Waals surface area contributed by atoms with E-state index in [1.54, 1.807) is 0 Å². The van der Waals surface area contributed by atoms with Gasteiger partial charge < -0.3 is 15.5 Å². The van der Waals surface area contributed by atoms with Crippen LogP contribution in [0.5, 0.6) is 0 Å². The van der Waals surface area contributed by atoms with Gasteiger partial charge in [-0.1, -0.05) is 19.9 Å². The Morgan fingerprint density at radius 3 is 2.55 bits per heavy atom. The maximum Gasteiger partial charge on any atom is 0.207 e. The van der Waals surface area contributed by atoms with Crippen molar-refractivity contribution in [2.45, 2.75) is 32.7 Å². The number of hydrogen-bond acceptors (Lipinski definition) is 3. The molecule has 1 aromatic carbocycles. The van der Waals surface area contributed by atoms with Crippen molar-refractivity contribution in [1.29, 1.82) is 0 Å². The van der Waals surface area contributed by atoms with Crippen molar-refractivity contribution in [2.75, 3.05) is 32.1 Å². The van der Waals surface area contributed by atoms with Crippen molar-refractivity contribution >= 4 is 12.1 Å². The minimum absolute atomic E-state index is 0.533. The lowest BCUT2D eigenvalue weighted by atomic mass is 9.99. The van der Waals surface area contributed by atoms with Crippen LogP contribution in [0.3, 0.4) is 0 Å². The summed E-state index contributed by atoms with van der Waals surface area (Å²) in [5, 5.41) is 6.09. The van der Waals surface area contributed by atoms with Crippen LogP contribution < -0.4 is 15.5 Å². The van der Waals surface area contributed by atoms with Gasteiger partial charge in [-0.3, -0.25) is 4.79 Å². The van der Waals surface area contributed by atoms with E-state index in [0.29, 0.717) is 5.92 Å². The van der Waals surface area contributed by atoms with Crippen molar-refractivity contribution < 1.29 is 4.79 Å². The van der Waals surface area contributed by atoms with E-state index in [1.165, 1.54) is 16.8 Å². The third-order valence-corrected chi connectivity index (χ3v) is 3.27. The third-order valence-electron chi connectivity index (χ3n) is 3.27. The number of nitrogens with one attached hydrogen (secondary N) is 2. The molecule has 0 heterocycles. The van der Waals surface area contributed by atoms with E-state index in [1.807, 2.05) is 0 Å². The van der Waals surface area contributed by atoms with Crippen LogP contribution in [0.15, 0.2) is 18.2 Å². The maximum absolute atomic E-state index is 10.1. The van der Waals surface area contributed by atoms with Crippen molar-refractivity contribution in [3.63, 3.8) is 0 Å². The molecule has 2 N–H and O–H groups in total. The number of nitrogens with zero attached hydrogens (tertiary/aromatic N) is 1. The standard InChI is InChI=1S/C16H27N3O/c1-13(2)15-8-14(9-16(10-15)19(3)4)11-17-6-5-7-18-12-20/h8-10,12-13,17H,5-7,11H2,1-4H3,(H,18,20). The van der Waals surface area contributed by atoms with Gasteiger partial charge in [0.15, 0.2) is 0 Å². The summed E-state index contributed by atoms with van der Waals surface area (Å²) < 4.78 is 0. The molecule has 0 aromatic heterocycles. The Morgan fingerprint density at radius 1 is 1.20 bits per heavy atom. The number of amides is 1. The SMILES string of the molecule is CC(C)c1cc(CNCCCNC=O)cc(N(C)C)c1. The van der Waals surface area contributed by atoms with E-state index in [2.05, 4.69) is 61.7 Å². The molecule has 0 unspecified atom stereocenters. The first-order valence-corrected chi connectivity index (χ1v) is 7.23. The summed E-state index contributed by atoms with van der Waals surface area (Å²) in [7, 11) is 4.14. The molecule has 1 aromatic rings. The van der Waals surface area contributed by atoms with E-state index >= 15 is 0 Å². The van der Waals surface area contributed by atoms with Crippen LogP contribution in [0.4, 0.5) is 5.69 Å². The lowest BCUT2D eigenvalue weighted by Crippen LogP contribution is -2.21. The van der Waals surface area contributed by atoms with Crippen LogP contribution in [0.2, 0.25) is 0 Å². The van der Waals surface area contributed by atoms with Crippen molar-refractivity contribution in [3.8, 4) is 0 Å². The zero-order valence-corrected chi connectivity index (χ0v) is 13.1. The van der Waals surface area contributed by atoms with Gasteiger partial charge in [-0.2, -0.15) is 0 Å². The molecule has 1 rings (SSSR count). The van der Waals surface area contributed by atoms with E-state index in [4.69, 9.17) is 0 Å². The van der Waals surface area contributed by atoms with Crippen LogP contribution >= 0.6 is 0 Å². The number of rotatable bonds is 9. The van der Waals surface area contributed by atoms with Gasteiger partial charge in [0.25, 0.3) is 0 Å². The van der Waals surface area contributed by atoms with Crippen molar-refractivity contribution in [2.24, 2.45) is 0 Å². The average Bonchev–Trinajstić information content (AvgIpc) is 2.42. The van der Waals surface area contributed by atoms with E-state index < -0.39 is 0 Å². The molecule has 1 amide bonds. The minimum Gasteiger partial charge on any atom is -0.378 e. The number of carbonyl (C=O) groups excluding carboxylic acids is 1. The van der Waals surface area contributed by atoms with Crippen LogP contribution in [0.25, 0.3) is 0 Å². The summed E-state index contributed by atoms with van der Waals surface area (Å²) in [5.74, 6) is 0.533. The lowest BCUT2D eigenvalue weighted by molar-refractivity contribution is -0.109. The largest absolute Gasteiger partial charge is 0.378 e. The second-order valence-electron chi connectivity index (χ2n) is 5.58. The second kappa shape index (κ2) is 8.59. The highest BCUT2D eigenvalue weighted by Gasteiger charge is 2.05. The number of benzene rings is 1. The molecule has 0 saturated carbocycles.